The number of aromatic nitrogens is 2. The Bertz CT molecular complexity index is 1320. The Morgan fingerprint density at radius 3 is 2.45 bits per heavy atom. The molecule has 5 rings (SSSR count). The molecule has 3 N–H and O–H groups in total. The van der Waals surface area contributed by atoms with Crippen molar-refractivity contribution < 1.29 is 18.9 Å². The predicted octanol–water partition coefficient (Wildman–Crippen LogP) is 4.38. The van der Waals surface area contributed by atoms with E-state index in [0.29, 0.717) is 44.7 Å². The van der Waals surface area contributed by atoms with E-state index in [4.69, 9.17) is 18.9 Å². The molecule has 0 aliphatic carbocycles. The Labute approximate surface area is 222 Å². The van der Waals surface area contributed by atoms with E-state index in [2.05, 4.69) is 39.6 Å². The highest BCUT2D eigenvalue weighted by Gasteiger charge is 2.27. The maximum atomic E-state index is 11.4. The van der Waals surface area contributed by atoms with Gasteiger partial charge < -0.3 is 34.2 Å². The molecule has 1 aliphatic heterocycles. The minimum absolute atomic E-state index is 0.0735. The zero-order valence-corrected chi connectivity index (χ0v) is 21.5. The van der Waals surface area contributed by atoms with Gasteiger partial charge in [0.1, 0.15) is 18.1 Å². The monoisotopic (exact) mass is 517 g/mol. The highest BCUT2D eigenvalue weighted by atomic mass is 16.5. The molecule has 1 aliphatic rings. The highest BCUT2D eigenvalue weighted by Crippen LogP contribution is 2.29. The van der Waals surface area contributed by atoms with Crippen LogP contribution in [0.5, 0.6) is 11.5 Å². The molecule has 2 unspecified atom stereocenters. The average molecular weight is 518 g/mol. The third kappa shape index (κ3) is 7.25. The number of imidazole rings is 1. The number of benzene rings is 3. The number of aromatic amines is 2. The fourth-order valence-electron chi connectivity index (χ4n) is 4.77. The number of H-pyrrole nitrogens is 2. The molecule has 200 valence electrons. The van der Waals surface area contributed by atoms with E-state index >= 15 is 0 Å². The number of nitrogens with one attached hydrogen (secondary N) is 3. The number of hydrogen-bond acceptors (Lipinski definition) is 6. The lowest BCUT2D eigenvalue weighted by atomic mass is 9.88. The van der Waals surface area contributed by atoms with Crippen LogP contribution in [0.1, 0.15) is 29.9 Å². The van der Waals surface area contributed by atoms with Gasteiger partial charge in [0.15, 0.2) is 0 Å². The molecule has 8 nitrogen and oxygen atoms in total. The Hall–Kier alpha value is -3.59. The smallest absolute Gasteiger partial charge is 0.323 e. The lowest BCUT2D eigenvalue weighted by Crippen LogP contribution is -2.41. The van der Waals surface area contributed by atoms with Crippen LogP contribution in [0.2, 0.25) is 0 Å². The van der Waals surface area contributed by atoms with Crippen molar-refractivity contribution in [2.24, 2.45) is 0 Å². The molecule has 0 saturated carbocycles. The molecule has 1 fully saturated rings. The van der Waals surface area contributed by atoms with E-state index in [1.807, 2.05) is 48.5 Å². The van der Waals surface area contributed by atoms with E-state index < -0.39 is 0 Å². The molecule has 4 aromatic rings. The lowest BCUT2D eigenvalue weighted by molar-refractivity contribution is 0.00733. The molecule has 1 aromatic heterocycles. The number of fused-ring (bicyclic) bond motifs is 1. The van der Waals surface area contributed by atoms with Crippen molar-refractivity contribution in [3.63, 3.8) is 0 Å². The lowest BCUT2D eigenvalue weighted by Gasteiger charge is -2.32. The minimum Gasteiger partial charge on any atom is -0.494 e. The van der Waals surface area contributed by atoms with Crippen molar-refractivity contribution >= 4 is 11.0 Å². The Kier molecular flexibility index (Phi) is 9.10. The quantitative estimate of drug-likeness (QED) is 0.228. The maximum absolute atomic E-state index is 11.4. The zero-order valence-electron chi connectivity index (χ0n) is 21.5. The van der Waals surface area contributed by atoms with Gasteiger partial charge in [-0.25, -0.2) is 4.79 Å². The second kappa shape index (κ2) is 13.3. The van der Waals surface area contributed by atoms with Crippen LogP contribution >= 0.6 is 0 Å². The van der Waals surface area contributed by atoms with E-state index in [9.17, 15) is 4.79 Å². The van der Waals surface area contributed by atoms with Gasteiger partial charge in [0.25, 0.3) is 0 Å². The van der Waals surface area contributed by atoms with Crippen LogP contribution in [0, 0.1) is 0 Å². The first kappa shape index (κ1) is 26.0. The second-order valence-electron chi connectivity index (χ2n) is 9.45. The van der Waals surface area contributed by atoms with Gasteiger partial charge in [-0.1, -0.05) is 42.5 Å². The summed E-state index contributed by atoms with van der Waals surface area (Å²) in [5.41, 5.74) is 3.72. The van der Waals surface area contributed by atoms with Crippen molar-refractivity contribution in [3.8, 4) is 11.5 Å². The summed E-state index contributed by atoms with van der Waals surface area (Å²) in [5, 5.41) is 3.44. The molecule has 0 spiro atoms. The fraction of sp³-hybridized carbons (Fsp3) is 0.367. The summed E-state index contributed by atoms with van der Waals surface area (Å²) >= 11 is 0. The van der Waals surface area contributed by atoms with Crippen molar-refractivity contribution in [2.75, 3.05) is 39.5 Å². The average Bonchev–Trinajstić information content (AvgIpc) is 3.33. The third-order valence-corrected chi connectivity index (χ3v) is 6.72. The minimum atomic E-state index is -0.222. The summed E-state index contributed by atoms with van der Waals surface area (Å²) in [6.07, 6.45) is 1.93. The third-order valence-electron chi connectivity index (χ3n) is 6.72. The summed E-state index contributed by atoms with van der Waals surface area (Å²) < 4.78 is 23.7. The van der Waals surface area contributed by atoms with Crippen LogP contribution in [0.15, 0.2) is 77.6 Å². The molecule has 2 atom stereocenters. The first-order valence-corrected chi connectivity index (χ1v) is 13.3. The van der Waals surface area contributed by atoms with Gasteiger partial charge in [-0.3, -0.25) is 0 Å². The maximum Gasteiger partial charge on any atom is 0.323 e. The van der Waals surface area contributed by atoms with Gasteiger partial charge in [0.05, 0.1) is 43.6 Å². The molecule has 0 radical (unpaired) electrons. The van der Waals surface area contributed by atoms with E-state index in [-0.39, 0.29) is 11.8 Å². The molecule has 0 bridgehead atoms. The summed E-state index contributed by atoms with van der Waals surface area (Å²) in [6.45, 7) is 4.63. The molecular formula is C30H35N3O5. The van der Waals surface area contributed by atoms with Gasteiger partial charge in [-0.15, -0.1) is 0 Å². The van der Waals surface area contributed by atoms with Gasteiger partial charge >= 0.3 is 5.69 Å². The summed E-state index contributed by atoms with van der Waals surface area (Å²) in [6, 6.07) is 24.1. The van der Waals surface area contributed by atoms with E-state index in [0.717, 1.165) is 42.7 Å². The number of hydrogen-bond donors (Lipinski definition) is 3. The van der Waals surface area contributed by atoms with Crippen molar-refractivity contribution in [1.82, 2.24) is 15.3 Å². The highest BCUT2D eigenvalue weighted by molar-refractivity contribution is 5.75. The predicted molar refractivity (Wildman–Crippen MR) is 147 cm³/mol. The first-order chi connectivity index (χ1) is 18.7. The molecular weight excluding hydrogens is 482 g/mol. The summed E-state index contributed by atoms with van der Waals surface area (Å²) in [5.74, 6) is 1.89. The SMILES string of the molecule is O=c1[nH]c2ccc(OCCOC3CNCCC3c3ccc(OCCCOCc4ccccc4)cc3)cc2[nH]1. The van der Waals surface area contributed by atoms with E-state index in [1.54, 1.807) is 0 Å². The standard InChI is InChI=1S/C30H35N3O5/c34-30-32-27-12-11-25(19-28(27)33-30)37-17-18-38-29-20-31-14-13-26(29)23-7-9-24(10-8-23)36-16-4-15-35-21-22-5-2-1-3-6-22/h1-3,5-12,19,26,29,31H,4,13-18,20-21H2,(H2,32,33,34). The number of rotatable bonds is 13. The van der Waals surface area contributed by atoms with Crippen LogP contribution in [0.25, 0.3) is 11.0 Å². The number of ether oxygens (including phenoxy) is 4. The molecule has 38 heavy (non-hydrogen) atoms. The number of piperidine rings is 1. The molecule has 1 saturated heterocycles. The van der Waals surface area contributed by atoms with Gasteiger partial charge in [0, 0.05) is 24.9 Å². The van der Waals surface area contributed by atoms with Crippen molar-refractivity contribution in [2.45, 2.75) is 31.5 Å². The van der Waals surface area contributed by atoms with E-state index in [1.165, 1.54) is 11.1 Å². The van der Waals surface area contributed by atoms with Crippen LogP contribution in [-0.4, -0.2) is 55.6 Å². The van der Waals surface area contributed by atoms with Crippen LogP contribution in [0.3, 0.4) is 0 Å². The van der Waals surface area contributed by atoms with Gasteiger partial charge in [-0.05, 0) is 48.4 Å². The fourth-order valence-corrected chi connectivity index (χ4v) is 4.77. The first-order valence-electron chi connectivity index (χ1n) is 13.3. The van der Waals surface area contributed by atoms with Gasteiger partial charge in [-0.2, -0.15) is 0 Å². The normalized spacial score (nSPS) is 17.5. The topological polar surface area (TPSA) is 97.6 Å². The largest absolute Gasteiger partial charge is 0.494 e. The summed E-state index contributed by atoms with van der Waals surface area (Å²) in [4.78, 5) is 16.9. The zero-order chi connectivity index (χ0) is 26.0. The summed E-state index contributed by atoms with van der Waals surface area (Å²) in [7, 11) is 0. The molecule has 8 heteroatoms. The van der Waals surface area contributed by atoms with Crippen LogP contribution in [0.4, 0.5) is 0 Å². The Balaban J connectivity index is 1.03. The van der Waals surface area contributed by atoms with Crippen LogP contribution in [-0.2, 0) is 16.1 Å². The van der Waals surface area contributed by atoms with Gasteiger partial charge in [0.2, 0.25) is 0 Å². The molecule has 2 heterocycles. The Morgan fingerprint density at radius 1 is 0.789 bits per heavy atom. The Morgan fingerprint density at radius 2 is 1.58 bits per heavy atom. The van der Waals surface area contributed by atoms with Crippen LogP contribution < -0.4 is 20.5 Å². The second-order valence-corrected chi connectivity index (χ2v) is 9.45. The molecule has 3 aromatic carbocycles. The van der Waals surface area contributed by atoms with Crippen molar-refractivity contribution in [1.29, 1.82) is 0 Å². The molecule has 0 amide bonds. The van der Waals surface area contributed by atoms with Crippen molar-refractivity contribution in [3.05, 3.63) is 94.4 Å².